The van der Waals surface area contributed by atoms with Crippen LogP contribution in [-0.2, 0) is 9.59 Å². The first-order valence-electron chi connectivity index (χ1n) is 13.2. The Balaban J connectivity index is 1.28. The summed E-state index contributed by atoms with van der Waals surface area (Å²) in [6, 6.07) is 33.3. The summed E-state index contributed by atoms with van der Waals surface area (Å²) in [7, 11) is 0. The maximum atomic E-state index is 13.2. The number of fused-ring (bicyclic) bond motifs is 1. The summed E-state index contributed by atoms with van der Waals surface area (Å²) in [5.74, 6) is 1.03. The largest absolute Gasteiger partial charge is 0.492 e. The van der Waals surface area contributed by atoms with E-state index < -0.39 is 6.10 Å². The van der Waals surface area contributed by atoms with Crippen molar-refractivity contribution in [2.24, 2.45) is 0 Å². The van der Waals surface area contributed by atoms with E-state index >= 15 is 0 Å². The molecule has 0 bridgehead atoms. The Kier molecular flexibility index (Phi) is 7.92. The number of anilines is 2. The fourth-order valence-corrected chi connectivity index (χ4v) is 4.88. The van der Waals surface area contributed by atoms with Crippen LogP contribution in [0.4, 0.5) is 11.4 Å². The molecule has 0 aromatic heterocycles. The topological polar surface area (TPSA) is 67.9 Å². The van der Waals surface area contributed by atoms with Gasteiger partial charge in [-0.25, -0.2) is 0 Å². The lowest BCUT2D eigenvalue weighted by Gasteiger charge is -2.33. The Bertz CT molecular complexity index is 1400. The molecule has 0 radical (unpaired) electrons. The van der Waals surface area contributed by atoms with Crippen LogP contribution in [0.3, 0.4) is 0 Å². The van der Waals surface area contributed by atoms with Crippen molar-refractivity contribution < 1.29 is 19.1 Å². The predicted molar refractivity (Wildman–Crippen MR) is 154 cm³/mol. The number of rotatable bonds is 9. The molecule has 5 rings (SSSR count). The molecule has 0 saturated carbocycles. The van der Waals surface area contributed by atoms with E-state index in [4.69, 9.17) is 9.47 Å². The second kappa shape index (κ2) is 11.9. The maximum Gasteiger partial charge on any atom is 0.267 e. The predicted octanol–water partition coefficient (Wildman–Crippen LogP) is 6.35. The number of amides is 2. The van der Waals surface area contributed by atoms with E-state index in [-0.39, 0.29) is 17.7 Å². The van der Waals surface area contributed by atoms with Crippen LogP contribution in [0.5, 0.6) is 11.5 Å². The molecule has 1 heterocycles. The lowest BCUT2D eigenvalue weighted by molar-refractivity contribution is -0.125. The van der Waals surface area contributed by atoms with Crippen LogP contribution < -0.4 is 19.7 Å². The number of carbonyl (C=O) groups excluding carboxylic acids is 2. The standard InChI is InChI=1S/C33H32N2O4/c1-23-10-9-15-28(20-23)38-19-18-35-30-17-16-27(21-31(30)39-24(2)33(35)37)34-32(36)22-29(25-11-5-3-6-12-25)26-13-7-4-8-14-26/h3-17,20-21,24,29H,18-19,22H2,1-2H3,(H,34,36). The molecule has 4 aromatic carbocycles. The second-order valence-corrected chi connectivity index (χ2v) is 9.72. The highest BCUT2D eigenvalue weighted by atomic mass is 16.5. The van der Waals surface area contributed by atoms with Gasteiger partial charge in [0.1, 0.15) is 18.1 Å². The Morgan fingerprint density at radius 3 is 2.28 bits per heavy atom. The number of aryl methyl sites for hydroxylation is 1. The average molecular weight is 521 g/mol. The third-order valence-electron chi connectivity index (χ3n) is 6.82. The van der Waals surface area contributed by atoms with Crippen molar-refractivity contribution >= 4 is 23.2 Å². The van der Waals surface area contributed by atoms with E-state index in [9.17, 15) is 9.59 Å². The monoisotopic (exact) mass is 520 g/mol. The van der Waals surface area contributed by atoms with Crippen molar-refractivity contribution in [3.8, 4) is 11.5 Å². The minimum absolute atomic E-state index is 0.0668. The van der Waals surface area contributed by atoms with Crippen LogP contribution in [0.15, 0.2) is 103 Å². The molecule has 0 aliphatic carbocycles. The minimum atomic E-state index is -0.636. The molecular formula is C33H32N2O4. The van der Waals surface area contributed by atoms with E-state index in [0.29, 0.717) is 36.7 Å². The van der Waals surface area contributed by atoms with Gasteiger partial charge in [0, 0.05) is 24.1 Å². The Hall–Kier alpha value is -4.58. The molecule has 4 aromatic rings. The Morgan fingerprint density at radius 2 is 1.62 bits per heavy atom. The number of nitrogens with zero attached hydrogens (tertiary/aromatic N) is 1. The van der Waals surface area contributed by atoms with Crippen molar-refractivity contribution in [1.82, 2.24) is 0 Å². The summed E-state index contributed by atoms with van der Waals surface area (Å²) < 4.78 is 11.8. The summed E-state index contributed by atoms with van der Waals surface area (Å²) in [6.07, 6.45) is -0.341. The normalized spacial score (nSPS) is 14.5. The number of carbonyl (C=O) groups is 2. The first kappa shape index (κ1) is 26.0. The second-order valence-electron chi connectivity index (χ2n) is 9.72. The zero-order valence-corrected chi connectivity index (χ0v) is 22.2. The molecule has 6 nitrogen and oxygen atoms in total. The summed E-state index contributed by atoms with van der Waals surface area (Å²) in [6.45, 7) is 4.47. The van der Waals surface area contributed by atoms with Crippen molar-refractivity contribution in [2.45, 2.75) is 32.3 Å². The third kappa shape index (κ3) is 6.29. The van der Waals surface area contributed by atoms with Gasteiger partial charge in [0.25, 0.3) is 5.91 Å². The first-order valence-corrected chi connectivity index (χ1v) is 13.2. The van der Waals surface area contributed by atoms with Gasteiger partial charge >= 0.3 is 0 Å². The lowest BCUT2D eigenvalue weighted by Crippen LogP contribution is -2.46. The van der Waals surface area contributed by atoms with Crippen LogP contribution in [0, 0.1) is 6.92 Å². The SMILES string of the molecule is Cc1cccc(OCCN2C(=O)C(C)Oc3cc(NC(=O)CC(c4ccccc4)c4ccccc4)ccc32)c1. The number of hydrogen-bond acceptors (Lipinski definition) is 4. The molecule has 1 atom stereocenters. The van der Waals surface area contributed by atoms with Gasteiger partial charge in [-0.1, -0.05) is 72.8 Å². The van der Waals surface area contributed by atoms with E-state index in [1.807, 2.05) is 97.9 Å². The Labute approximate surface area is 229 Å². The van der Waals surface area contributed by atoms with Crippen molar-refractivity contribution in [1.29, 1.82) is 0 Å². The van der Waals surface area contributed by atoms with Crippen molar-refractivity contribution in [3.63, 3.8) is 0 Å². The molecule has 0 saturated heterocycles. The summed E-state index contributed by atoms with van der Waals surface area (Å²) in [5.41, 5.74) is 4.57. The van der Waals surface area contributed by atoms with E-state index in [2.05, 4.69) is 5.32 Å². The van der Waals surface area contributed by atoms with Gasteiger partial charge in [0.15, 0.2) is 6.10 Å². The first-order chi connectivity index (χ1) is 19.0. The quantitative estimate of drug-likeness (QED) is 0.279. The maximum absolute atomic E-state index is 13.2. The smallest absolute Gasteiger partial charge is 0.267 e. The molecule has 0 fully saturated rings. The number of nitrogens with one attached hydrogen (secondary N) is 1. The number of benzene rings is 4. The van der Waals surface area contributed by atoms with Crippen LogP contribution in [0.25, 0.3) is 0 Å². The van der Waals surface area contributed by atoms with Gasteiger partial charge in [0.2, 0.25) is 5.91 Å². The molecule has 0 spiro atoms. The number of hydrogen-bond donors (Lipinski definition) is 1. The van der Waals surface area contributed by atoms with E-state index in [1.165, 1.54) is 0 Å². The van der Waals surface area contributed by atoms with Gasteiger partial charge in [0.05, 0.1) is 12.2 Å². The fourth-order valence-electron chi connectivity index (χ4n) is 4.88. The zero-order chi connectivity index (χ0) is 27.2. The molecule has 39 heavy (non-hydrogen) atoms. The third-order valence-corrected chi connectivity index (χ3v) is 6.82. The molecule has 1 N–H and O–H groups in total. The van der Waals surface area contributed by atoms with E-state index in [0.717, 1.165) is 22.4 Å². The van der Waals surface area contributed by atoms with Gasteiger partial charge in [-0.15, -0.1) is 0 Å². The van der Waals surface area contributed by atoms with Gasteiger partial charge in [-0.3, -0.25) is 9.59 Å². The summed E-state index contributed by atoms with van der Waals surface area (Å²) in [4.78, 5) is 27.8. The molecule has 198 valence electrons. The highest BCUT2D eigenvalue weighted by Crippen LogP contribution is 2.37. The highest BCUT2D eigenvalue weighted by molar-refractivity contribution is 6.00. The van der Waals surface area contributed by atoms with E-state index in [1.54, 1.807) is 24.0 Å². The summed E-state index contributed by atoms with van der Waals surface area (Å²) in [5, 5.41) is 3.03. The molecule has 6 heteroatoms. The fraction of sp³-hybridized carbons (Fsp3) is 0.212. The molecule has 1 unspecified atom stereocenters. The van der Waals surface area contributed by atoms with Crippen molar-refractivity contribution in [2.75, 3.05) is 23.4 Å². The molecule has 1 aliphatic rings. The average Bonchev–Trinajstić information content (AvgIpc) is 2.95. The lowest BCUT2D eigenvalue weighted by atomic mass is 9.88. The van der Waals surface area contributed by atoms with Crippen molar-refractivity contribution in [3.05, 3.63) is 120 Å². The molecule has 1 aliphatic heterocycles. The van der Waals surface area contributed by atoms with Gasteiger partial charge < -0.3 is 19.7 Å². The Morgan fingerprint density at radius 1 is 0.923 bits per heavy atom. The number of ether oxygens (including phenoxy) is 2. The van der Waals surface area contributed by atoms with Crippen LogP contribution in [-0.4, -0.2) is 31.1 Å². The van der Waals surface area contributed by atoms with Gasteiger partial charge in [-0.2, -0.15) is 0 Å². The summed E-state index contributed by atoms with van der Waals surface area (Å²) >= 11 is 0. The minimum Gasteiger partial charge on any atom is -0.492 e. The molecule has 2 amide bonds. The van der Waals surface area contributed by atoms with Crippen LogP contribution in [0.1, 0.15) is 36.0 Å². The molecular weight excluding hydrogens is 488 g/mol. The van der Waals surface area contributed by atoms with Gasteiger partial charge in [-0.05, 0) is 54.8 Å². The van der Waals surface area contributed by atoms with Crippen LogP contribution >= 0.6 is 0 Å². The zero-order valence-electron chi connectivity index (χ0n) is 22.2. The van der Waals surface area contributed by atoms with Crippen LogP contribution in [0.2, 0.25) is 0 Å². The highest BCUT2D eigenvalue weighted by Gasteiger charge is 2.31.